The molecule has 0 atom stereocenters. The highest BCUT2D eigenvalue weighted by Gasteiger charge is 2.05. The quantitative estimate of drug-likeness (QED) is 0.833. The van der Waals surface area contributed by atoms with E-state index in [0.717, 1.165) is 12.0 Å². The normalized spacial score (nSPS) is 11.0. The van der Waals surface area contributed by atoms with E-state index in [1.807, 2.05) is 17.5 Å². The number of benzene rings is 1. The Morgan fingerprint density at radius 3 is 2.80 bits per heavy atom. The first kappa shape index (κ1) is 15.0. The van der Waals surface area contributed by atoms with Gasteiger partial charge in [0, 0.05) is 23.9 Å². The number of nitrogens with one attached hydrogen (secondary N) is 1. The van der Waals surface area contributed by atoms with Gasteiger partial charge < -0.3 is 10.1 Å². The number of halogens is 1. The van der Waals surface area contributed by atoms with E-state index in [1.54, 1.807) is 17.4 Å². The molecule has 1 aromatic carbocycles. The third-order valence-electron chi connectivity index (χ3n) is 2.90. The molecule has 0 saturated heterocycles. The summed E-state index contributed by atoms with van der Waals surface area (Å²) in [6.07, 6.45) is 0.813. The molecule has 0 unspecified atom stereocenters. The lowest BCUT2D eigenvalue weighted by Crippen LogP contribution is -2.21. The van der Waals surface area contributed by atoms with Gasteiger partial charge in [-0.15, -0.1) is 11.3 Å². The molecule has 108 valence electrons. The number of hydrogen-bond donors (Lipinski definition) is 1. The van der Waals surface area contributed by atoms with Gasteiger partial charge in [-0.1, -0.05) is 26.0 Å². The van der Waals surface area contributed by atoms with Crippen molar-refractivity contribution >= 4 is 11.3 Å². The van der Waals surface area contributed by atoms with Crippen LogP contribution in [-0.2, 0) is 13.0 Å². The molecule has 0 spiro atoms. The molecular formula is C16H20FNOS. The van der Waals surface area contributed by atoms with Gasteiger partial charge in [0.1, 0.15) is 0 Å². The fraction of sp³-hybridized carbons (Fsp3) is 0.375. The van der Waals surface area contributed by atoms with Crippen molar-refractivity contribution in [3.8, 4) is 5.75 Å². The van der Waals surface area contributed by atoms with Crippen LogP contribution < -0.4 is 10.1 Å². The summed E-state index contributed by atoms with van der Waals surface area (Å²) in [6, 6.07) is 9.61. The monoisotopic (exact) mass is 293 g/mol. The maximum absolute atomic E-state index is 13.9. The first-order valence-electron chi connectivity index (χ1n) is 6.82. The second-order valence-corrected chi connectivity index (χ2v) is 6.01. The maximum atomic E-state index is 13.9. The predicted molar refractivity (Wildman–Crippen MR) is 81.9 cm³/mol. The summed E-state index contributed by atoms with van der Waals surface area (Å²) in [5.74, 6) is 0.0362. The summed E-state index contributed by atoms with van der Waals surface area (Å²) >= 11 is 1.69. The van der Waals surface area contributed by atoms with Gasteiger partial charge in [0.15, 0.2) is 11.6 Å². The van der Waals surface area contributed by atoms with Crippen molar-refractivity contribution in [2.24, 2.45) is 0 Å². The molecule has 0 bridgehead atoms. The fourth-order valence-electron chi connectivity index (χ4n) is 1.81. The molecule has 1 N–H and O–H groups in total. The second-order valence-electron chi connectivity index (χ2n) is 4.98. The minimum atomic E-state index is -0.292. The molecule has 2 nitrogen and oxygen atoms in total. The Hall–Kier alpha value is -1.39. The van der Waals surface area contributed by atoms with Gasteiger partial charge in [0.05, 0.1) is 6.61 Å². The first-order valence-corrected chi connectivity index (χ1v) is 7.70. The Kier molecular flexibility index (Phi) is 5.56. The number of rotatable bonds is 7. The summed E-state index contributed by atoms with van der Waals surface area (Å²) in [6.45, 7) is 5.31. The Morgan fingerprint density at radius 2 is 2.15 bits per heavy atom. The predicted octanol–water partition coefficient (Wildman–Crippen LogP) is 4.01. The van der Waals surface area contributed by atoms with E-state index >= 15 is 0 Å². The lowest BCUT2D eigenvalue weighted by Gasteiger charge is -2.10. The molecule has 0 aliphatic carbocycles. The Morgan fingerprint density at radius 1 is 1.30 bits per heavy atom. The van der Waals surface area contributed by atoms with E-state index < -0.39 is 0 Å². The highest BCUT2D eigenvalue weighted by molar-refractivity contribution is 7.09. The van der Waals surface area contributed by atoms with Crippen LogP contribution >= 0.6 is 11.3 Å². The van der Waals surface area contributed by atoms with Crippen LogP contribution in [0.5, 0.6) is 5.75 Å². The van der Waals surface area contributed by atoms with Gasteiger partial charge in [-0.2, -0.15) is 0 Å². The lowest BCUT2D eigenvalue weighted by molar-refractivity contribution is 0.306. The SMILES string of the molecule is CC(C)NCc1ccc(OCCc2cccs2)c(F)c1. The molecule has 0 saturated carbocycles. The van der Waals surface area contributed by atoms with Crippen LogP contribution in [0.2, 0.25) is 0 Å². The number of hydrogen-bond acceptors (Lipinski definition) is 3. The van der Waals surface area contributed by atoms with Gasteiger partial charge in [-0.25, -0.2) is 4.39 Å². The van der Waals surface area contributed by atoms with Crippen molar-refractivity contribution in [3.05, 3.63) is 52.0 Å². The summed E-state index contributed by atoms with van der Waals surface area (Å²) in [5.41, 5.74) is 0.932. The van der Waals surface area contributed by atoms with E-state index in [2.05, 4.69) is 25.2 Å². The molecule has 1 heterocycles. The molecule has 0 amide bonds. The largest absolute Gasteiger partial charge is 0.490 e. The van der Waals surface area contributed by atoms with Crippen molar-refractivity contribution in [3.63, 3.8) is 0 Å². The van der Waals surface area contributed by atoms with Crippen LogP contribution in [0.1, 0.15) is 24.3 Å². The van der Waals surface area contributed by atoms with Crippen LogP contribution in [-0.4, -0.2) is 12.6 Å². The van der Waals surface area contributed by atoms with E-state index in [-0.39, 0.29) is 5.82 Å². The molecule has 1 aromatic heterocycles. The van der Waals surface area contributed by atoms with E-state index in [1.165, 1.54) is 10.9 Å². The first-order chi connectivity index (χ1) is 9.65. The van der Waals surface area contributed by atoms with Gasteiger partial charge in [0.2, 0.25) is 0 Å². The van der Waals surface area contributed by atoms with Crippen molar-refractivity contribution in [2.75, 3.05) is 6.61 Å². The number of ether oxygens (including phenoxy) is 1. The molecule has 2 rings (SSSR count). The van der Waals surface area contributed by atoms with Crippen LogP contribution in [0.25, 0.3) is 0 Å². The second kappa shape index (κ2) is 7.41. The molecule has 0 radical (unpaired) electrons. The zero-order chi connectivity index (χ0) is 14.4. The van der Waals surface area contributed by atoms with Crippen molar-refractivity contribution in [2.45, 2.75) is 32.9 Å². The topological polar surface area (TPSA) is 21.3 Å². The zero-order valence-electron chi connectivity index (χ0n) is 11.9. The molecule has 0 aliphatic rings. The minimum absolute atomic E-state index is 0.292. The van der Waals surface area contributed by atoms with E-state index in [9.17, 15) is 4.39 Å². The standard InChI is InChI=1S/C16H20FNOS/c1-12(2)18-11-13-5-6-16(15(17)10-13)19-8-7-14-4-3-9-20-14/h3-6,9-10,12,18H,7-8,11H2,1-2H3. The molecule has 0 aliphatic heterocycles. The number of thiophene rings is 1. The average Bonchev–Trinajstić information content (AvgIpc) is 2.92. The van der Waals surface area contributed by atoms with Gasteiger partial charge >= 0.3 is 0 Å². The fourth-order valence-corrected chi connectivity index (χ4v) is 2.50. The van der Waals surface area contributed by atoms with Crippen molar-refractivity contribution in [1.29, 1.82) is 0 Å². The van der Waals surface area contributed by atoms with Crippen LogP contribution in [0.3, 0.4) is 0 Å². The van der Waals surface area contributed by atoms with Gasteiger partial charge in [0.25, 0.3) is 0 Å². The van der Waals surface area contributed by atoms with E-state index in [0.29, 0.717) is 24.9 Å². The average molecular weight is 293 g/mol. The third kappa shape index (κ3) is 4.62. The minimum Gasteiger partial charge on any atom is -0.490 e. The highest BCUT2D eigenvalue weighted by Crippen LogP contribution is 2.19. The van der Waals surface area contributed by atoms with Crippen molar-refractivity contribution in [1.82, 2.24) is 5.32 Å². The van der Waals surface area contributed by atoms with Crippen LogP contribution in [0.4, 0.5) is 4.39 Å². The van der Waals surface area contributed by atoms with Gasteiger partial charge in [-0.3, -0.25) is 0 Å². The van der Waals surface area contributed by atoms with Crippen LogP contribution in [0, 0.1) is 5.82 Å². The Bertz CT molecular complexity index is 525. The summed E-state index contributed by atoms with van der Waals surface area (Å²) < 4.78 is 19.4. The van der Waals surface area contributed by atoms with Crippen molar-refractivity contribution < 1.29 is 9.13 Å². The van der Waals surface area contributed by atoms with Crippen LogP contribution in [0.15, 0.2) is 35.7 Å². The molecule has 0 fully saturated rings. The maximum Gasteiger partial charge on any atom is 0.165 e. The Labute approximate surface area is 123 Å². The zero-order valence-corrected chi connectivity index (χ0v) is 12.7. The molecule has 2 aromatic rings. The Balaban J connectivity index is 1.85. The highest BCUT2D eigenvalue weighted by atomic mass is 32.1. The van der Waals surface area contributed by atoms with Gasteiger partial charge in [-0.05, 0) is 29.1 Å². The molecule has 4 heteroatoms. The van der Waals surface area contributed by atoms with E-state index in [4.69, 9.17) is 4.74 Å². The summed E-state index contributed by atoms with van der Waals surface area (Å²) in [5, 5.41) is 5.30. The summed E-state index contributed by atoms with van der Waals surface area (Å²) in [4.78, 5) is 1.25. The summed E-state index contributed by atoms with van der Waals surface area (Å²) in [7, 11) is 0. The molecular weight excluding hydrogens is 273 g/mol. The lowest BCUT2D eigenvalue weighted by atomic mass is 10.2. The smallest absolute Gasteiger partial charge is 0.165 e. The third-order valence-corrected chi connectivity index (χ3v) is 3.83. The molecule has 20 heavy (non-hydrogen) atoms.